The normalized spacial score (nSPS) is 18.3. The van der Waals surface area contributed by atoms with E-state index in [-0.39, 0.29) is 0 Å². The predicted molar refractivity (Wildman–Crippen MR) is 54.2 cm³/mol. The molecule has 0 aromatic heterocycles. The highest BCUT2D eigenvalue weighted by Crippen LogP contribution is 2.53. The first kappa shape index (κ1) is 8.61. The summed E-state index contributed by atoms with van der Waals surface area (Å²) in [4.78, 5) is 0. The van der Waals surface area contributed by atoms with Crippen LogP contribution in [0.5, 0.6) is 5.75 Å². The van der Waals surface area contributed by atoms with E-state index in [0.29, 0.717) is 5.41 Å². The molecule has 1 aromatic carbocycles. The molecule has 0 amide bonds. The number of rotatable bonds is 3. The van der Waals surface area contributed by atoms with E-state index in [1.165, 1.54) is 24.8 Å². The van der Waals surface area contributed by atoms with E-state index in [1.54, 1.807) is 7.11 Å². The van der Waals surface area contributed by atoms with Gasteiger partial charge in [0.1, 0.15) is 5.75 Å². The summed E-state index contributed by atoms with van der Waals surface area (Å²) in [5.74, 6) is 1.06. The summed E-state index contributed by atoms with van der Waals surface area (Å²) in [6, 6.07) is 8.40. The van der Waals surface area contributed by atoms with Gasteiger partial charge in [0.05, 0.1) is 7.11 Å². The Morgan fingerprint density at radius 2 is 2.00 bits per heavy atom. The molecular formula is C12H16O. The summed E-state index contributed by atoms with van der Waals surface area (Å²) >= 11 is 0. The Hall–Kier alpha value is -0.980. The molecule has 1 fully saturated rings. The molecule has 0 atom stereocenters. The third-order valence-electron chi connectivity index (χ3n) is 3.21. The lowest BCUT2D eigenvalue weighted by Crippen LogP contribution is -2.06. The first-order valence-corrected chi connectivity index (χ1v) is 4.96. The van der Waals surface area contributed by atoms with E-state index in [4.69, 9.17) is 4.74 Å². The maximum absolute atomic E-state index is 5.37. The Labute approximate surface area is 79.7 Å². The second-order valence-corrected chi connectivity index (χ2v) is 3.83. The zero-order chi connectivity index (χ0) is 9.31. The van der Waals surface area contributed by atoms with Gasteiger partial charge in [0.15, 0.2) is 0 Å². The lowest BCUT2D eigenvalue weighted by molar-refractivity contribution is 0.403. The highest BCUT2D eigenvalue weighted by Gasteiger charge is 2.43. The van der Waals surface area contributed by atoms with Gasteiger partial charge in [0.25, 0.3) is 0 Å². The van der Waals surface area contributed by atoms with Crippen LogP contribution < -0.4 is 4.74 Å². The third-order valence-corrected chi connectivity index (χ3v) is 3.21. The molecule has 2 rings (SSSR count). The van der Waals surface area contributed by atoms with Crippen molar-refractivity contribution in [2.45, 2.75) is 31.6 Å². The Kier molecular flexibility index (Phi) is 2.03. The monoisotopic (exact) mass is 176 g/mol. The lowest BCUT2D eigenvalue weighted by atomic mass is 9.92. The lowest BCUT2D eigenvalue weighted by Gasteiger charge is -2.16. The molecule has 70 valence electrons. The molecule has 0 radical (unpaired) electrons. The Bertz CT molecular complexity index is 300. The number of benzene rings is 1. The molecule has 1 aliphatic rings. The Morgan fingerprint density at radius 1 is 1.31 bits per heavy atom. The molecular weight excluding hydrogens is 160 g/mol. The molecule has 0 bridgehead atoms. The van der Waals surface area contributed by atoms with E-state index in [2.05, 4.69) is 25.1 Å². The van der Waals surface area contributed by atoms with Crippen molar-refractivity contribution in [2.24, 2.45) is 0 Å². The van der Waals surface area contributed by atoms with Crippen molar-refractivity contribution in [1.29, 1.82) is 0 Å². The van der Waals surface area contributed by atoms with Crippen LogP contribution in [0.2, 0.25) is 0 Å². The molecule has 13 heavy (non-hydrogen) atoms. The first-order valence-electron chi connectivity index (χ1n) is 4.96. The summed E-state index contributed by atoms with van der Waals surface area (Å²) in [6.07, 6.45) is 3.88. The minimum absolute atomic E-state index is 0.451. The van der Waals surface area contributed by atoms with Gasteiger partial charge in [-0.15, -0.1) is 0 Å². The number of ether oxygens (including phenoxy) is 1. The molecule has 0 N–H and O–H groups in total. The molecule has 0 heterocycles. The SMILES string of the molecule is CCC1(c2ccccc2OC)CC1. The van der Waals surface area contributed by atoms with Gasteiger partial charge in [0, 0.05) is 5.56 Å². The third kappa shape index (κ3) is 1.32. The van der Waals surface area contributed by atoms with Gasteiger partial charge in [-0.05, 0) is 30.7 Å². The average molecular weight is 176 g/mol. The predicted octanol–water partition coefficient (Wildman–Crippen LogP) is 3.14. The molecule has 0 saturated heterocycles. The van der Waals surface area contributed by atoms with Gasteiger partial charge < -0.3 is 4.74 Å². The quantitative estimate of drug-likeness (QED) is 0.687. The fourth-order valence-corrected chi connectivity index (χ4v) is 2.05. The highest BCUT2D eigenvalue weighted by molar-refractivity contribution is 5.42. The number of hydrogen-bond donors (Lipinski definition) is 0. The number of para-hydroxylation sites is 1. The van der Waals surface area contributed by atoms with Crippen molar-refractivity contribution in [1.82, 2.24) is 0 Å². The molecule has 1 aromatic rings. The Balaban J connectivity index is 2.39. The smallest absolute Gasteiger partial charge is 0.122 e. The van der Waals surface area contributed by atoms with E-state index in [1.807, 2.05) is 6.07 Å². The van der Waals surface area contributed by atoms with Crippen molar-refractivity contribution in [3.8, 4) is 5.75 Å². The van der Waals surface area contributed by atoms with Crippen LogP contribution in [-0.2, 0) is 5.41 Å². The van der Waals surface area contributed by atoms with Crippen molar-refractivity contribution >= 4 is 0 Å². The molecule has 1 nitrogen and oxygen atoms in total. The molecule has 0 unspecified atom stereocenters. The molecule has 1 saturated carbocycles. The van der Waals surface area contributed by atoms with E-state index < -0.39 is 0 Å². The largest absolute Gasteiger partial charge is 0.496 e. The van der Waals surface area contributed by atoms with Gasteiger partial charge in [0.2, 0.25) is 0 Å². The minimum atomic E-state index is 0.451. The van der Waals surface area contributed by atoms with Crippen LogP contribution in [0.4, 0.5) is 0 Å². The molecule has 1 heteroatoms. The van der Waals surface area contributed by atoms with Gasteiger partial charge >= 0.3 is 0 Å². The van der Waals surface area contributed by atoms with Crippen LogP contribution in [0.25, 0.3) is 0 Å². The van der Waals surface area contributed by atoms with Gasteiger partial charge in [-0.3, -0.25) is 0 Å². The second-order valence-electron chi connectivity index (χ2n) is 3.83. The maximum Gasteiger partial charge on any atom is 0.122 e. The fraction of sp³-hybridized carbons (Fsp3) is 0.500. The maximum atomic E-state index is 5.37. The van der Waals surface area contributed by atoms with Crippen LogP contribution in [0, 0.1) is 0 Å². The summed E-state index contributed by atoms with van der Waals surface area (Å²) in [6.45, 7) is 2.26. The molecule has 0 aliphatic heterocycles. The van der Waals surface area contributed by atoms with E-state index in [9.17, 15) is 0 Å². The van der Waals surface area contributed by atoms with Gasteiger partial charge in [-0.2, -0.15) is 0 Å². The second kappa shape index (κ2) is 3.06. The average Bonchev–Trinajstić information content (AvgIpc) is 2.98. The number of methoxy groups -OCH3 is 1. The zero-order valence-corrected chi connectivity index (χ0v) is 8.34. The van der Waals surface area contributed by atoms with Crippen molar-refractivity contribution in [3.63, 3.8) is 0 Å². The van der Waals surface area contributed by atoms with E-state index in [0.717, 1.165) is 5.75 Å². The van der Waals surface area contributed by atoms with Crippen molar-refractivity contribution in [3.05, 3.63) is 29.8 Å². The van der Waals surface area contributed by atoms with Crippen LogP contribution in [0.15, 0.2) is 24.3 Å². The van der Waals surface area contributed by atoms with Crippen molar-refractivity contribution < 1.29 is 4.74 Å². The van der Waals surface area contributed by atoms with E-state index >= 15 is 0 Å². The Morgan fingerprint density at radius 3 is 2.54 bits per heavy atom. The van der Waals surface area contributed by atoms with Crippen LogP contribution in [0.1, 0.15) is 31.7 Å². The summed E-state index contributed by atoms with van der Waals surface area (Å²) < 4.78 is 5.37. The summed E-state index contributed by atoms with van der Waals surface area (Å²) in [7, 11) is 1.75. The summed E-state index contributed by atoms with van der Waals surface area (Å²) in [5, 5.41) is 0. The highest BCUT2D eigenvalue weighted by atomic mass is 16.5. The van der Waals surface area contributed by atoms with Crippen molar-refractivity contribution in [2.75, 3.05) is 7.11 Å². The fourth-order valence-electron chi connectivity index (χ4n) is 2.05. The topological polar surface area (TPSA) is 9.23 Å². The standard InChI is InChI=1S/C12H16O/c1-3-12(8-9-12)10-6-4-5-7-11(10)13-2/h4-7H,3,8-9H2,1-2H3. The zero-order valence-electron chi connectivity index (χ0n) is 8.34. The summed E-state index contributed by atoms with van der Waals surface area (Å²) in [5.41, 5.74) is 1.85. The van der Waals surface area contributed by atoms with Crippen LogP contribution in [-0.4, -0.2) is 7.11 Å². The molecule has 0 spiro atoms. The first-order chi connectivity index (χ1) is 6.32. The van der Waals surface area contributed by atoms with Gasteiger partial charge in [-0.1, -0.05) is 25.1 Å². The van der Waals surface area contributed by atoms with Gasteiger partial charge in [-0.25, -0.2) is 0 Å². The van der Waals surface area contributed by atoms with Crippen LogP contribution >= 0.6 is 0 Å². The minimum Gasteiger partial charge on any atom is -0.496 e. The van der Waals surface area contributed by atoms with Crippen LogP contribution in [0.3, 0.4) is 0 Å². The molecule has 1 aliphatic carbocycles. The number of hydrogen-bond acceptors (Lipinski definition) is 1.